The zero-order chi connectivity index (χ0) is 18.3. The zero-order valence-electron chi connectivity index (χ0n) is 15.3. The van der Waals surface area contributed by atoms with E-state index < -0.39 is 0 Å². The van der Waals surface area contributed by atoms with Crippen molar-refractivity contribution in [3.8, 4) is 5.69 Å². The molecule has 3 heterocycles. The average molecular weight is 347 g/mol. The van der Waals surface area contributed by atoms with E-state index in [2.05, 4.69) is 51.5 Å². The third kappa shape index (κ3) is 2.81. The molecule has 3 aromatic heterocycles. The molecule has 0 bridgehead atoms. The molecular formula is C19H21N7. The number of nitrogens with zero attached hydrogens (tertiary/aromatic N) is 6. The highest BCUT2D eigenvalue weighted by Crippen LogP contribution is 2.23. The molecule has 0 aliphatic carbocycles. The van der Waals surface area contributed by atoms with Gasteiger partial charge in [-0.3, -0.25) is 0 Å². The Balaban J connectivity index is 1.63. The van der Waals surface area contributed by atoms with Crippen LogP contribution in [0.4, 0.5) is 5.82 Å². The molecule has 0 radical (unpaired) electrons. The van der Waals surface area contributed by atoms with Gasteiger partial charge in [-0.2, -0.15) is 14.7 Å². The fourth-order valence-electron chi connectivity index (χ4n) is 3.02. The van der Waals surface area contributed by atoms with E-state index in [-0.39, 0.29) is 6.04 Å². The van der Waals surface area contributed by atoms with Crippen LogP contribution in [0.2, 0.25) is 0 Å². The highest BCUT2D eigenvalue weighted by Gasteiger charge is 2.13. The first kappa shape index (κ1) is 16.3. The summed E-state index contributed by atoms with van der Waals surface area (Å²) < 4.78 is 3.63. The van der Waals surface area contributed by atoms with Crippen LogP contribution in [0, 0.1) is 20.8 Å². The van der Waals surface area contributed by atoms with Crippen LogP contribution in [0.1, 0.15) is 35.5 Å². The minimum atomic E-state index is 0.120. The van der Waals surface area contributed by atoms with E-state index in [1.54, 1.807) is 11.0 Å². The molecule has 1 atom stereocenters. The van der Waals surface area contributed by atoms with E-state index in [1.807, 2.05) is 36.6 Å². The summed E-state index contributed by atoms with van der Waals surface area (Å²) in [4.78, 5) is 8.60. The fraction of sp³-hybridized carbons (Fsp3) is 0.263. The molecule has 7 nitrogen and oxygen atoms in total. The largest absolute Gasteiger partial charge is 0.363 e. The van der Waals surface area contributed by atoms with Crippen molar-refractivity contribution in [3.63, 3.8) is 0 Å². The van der Waals surface area contributed by atoms with Gasteiger partial charge in [0.2, 0.25) is 0 Å². The molecular weight excluding hydrogens is 326 g/mol. The third-order valence-electron chi connectivity index (χ3n) is 4.63. The molecule has 0 spiro atoms. The normalized spacial score (nSPS) is 12.5. The van der Waals surface area contributed by atoms with Crippen LogP contribution >= 0.6 is 0 Å². The number of fused-ring (bicyclic) bond motifs is 1. The second-order valence-corrected chi connectivity index (χ2v) is 6.53. The SMILES string of the molecule is Cc1cc(N[C@H](C)c2ccc(-n3cncn3)cc2)n2nc(C)c(C)c2n1. The van der Waals surface area contributed by atoms with E-state index in [4.69, 9.17) is 0 Å². The Morgan fingerprint density at radius 2 is 1.85 bits per heavy atom. The lowest BCUT2D eigenvalue weighted by Gasteiger charge is -2.17. The monoisotopic (exact) mass is 347 g/mol. The minimum Gasteiger partial charge on any atom is -0.363 e. The summed E-state index contributed by atoms with van der Waals surface area (Å²) in [6, 6.07) is 10.4. The molecule has 26 heavy (non-hydrogen) atoms. The van der Waals surface area contributed by atoms with Gasteiger partial charge >= 0.3 is 0 Å². The van der Waals surface area contributed by atoms with E-state index in [0.29, 0.717) is 0 Å². The van der Waals surface area contributed by atoms with Crippen molar-refractivity contribution in [1.82, 2.24) is 29.4 Å². The summed E-state index contributed by atoms with van der Waals surface area (Å²) in [5.74, 6) is 0.941. The van der Waals surface area contributed by atoms with Gasteiger partial charge in [-0.25, -0.2) is 14.6 Å². The second kappa shape index (κ2) is 6.25. The van der Waals surface area contributed by atoms with Crippen molar-refractivity contribution in [2.45, 2.75) is 33.7 Å². The molecule has 0 aliphatic heterocycles. The number of hydrogen-bond acceptors (Lipinski definition) is 5. The summed E-state index contributed by atoms with van der Waals surface area (Å²) in [5.41, 5.74) is 6.14. The Morgan fingerprint density at radius 1 is 1.08 bits per heavy atom. The van der Waals surface area contributed by atoms with Gasteiger partial charge in [-0.1, -0.05) is 12.1 Å². The number of anilines is 1. The van der Waals surface area contributed by atoms with Crippen LogP contribution in [0.15, 0.2) is 43.0 Å². The van der Waals surface area contributed by atoms with Crippen LogP contribution in [-0.2, 0) is 0 Å². The molecule has 7 heteroatoms. The molecule has 0 fully saturated rings. The smallest absolute Gasteiger partial charge is 0.160 e. The lowest BCUT2D eigenvalue weighted by Crippen LogP contribution is -2.11. The number of rotatable bonds is 4. The number of nitrogens with one attached hydrogen (secondary N) is 1. The summed E-state index contributed by atoms with van der Waals surface area (Å²) in [7, 11) is 0. The van der Waals surface area contributed by atoms with E-state index in [0.717, 1.165) is 34.1 Å². The molecule has 132 valence electrons. The van der Waals surface area contributed by atoms with Gasteiger partial charge in [-0.05, 0) is 45.4 Å². The molecule has 0 amide bonds. The lowest BCUT2D eigenvalue weighted by molar-refractivity contribution is 0.829. The van der Waals surface area contributed by atoms with E-state index >= 15 is 0 Å². The first-order chi connectivity index (χ1) is 12.5. The number of aromatic nitrogens is 6. The van der Waals surface area contributed by atoms with Crippen LogP contribution < -0.4 is 5.32 Å². The highest BCUT2D eigenvalue weighted by molar-refractivity contribution is 5.56. The molecule has 0 saturated heterocycles. The second-order valence-electron chi connectivity index (χ2n) is 6.53. The van der Waals surface area contributed by atoms with Gasteiger partial charge in [0, 0.05) is 23.4 Å². The average Bonchev–Trinajstić information content (AvgIpc) is 3.26. The molecule has 4 rings (SSSR count). The van der Waals surface area contributed by atoms with Crippen molar-refractivity contribution < 1.29 is 0 Å². The summed E-state index contributed by atoms with van der Waals surface area (Å²) in [6.45, 7) is 8.20. The molecule has 0 saturated carbocycles. The maximum atomic E-state index is 4.62. The predicted molar refractivity (Wildman–Crippen MR) is 101 cm³/mol. The van der Waals surface area contributed by atoms with Gasteiger partial charge in [0.15, 0.2) is 5.65 Å². The fourth-order valence-corrected chi connectivity index (χ4v) is 3.02. The molecule has 1 aromatic carbocycles. The molecule has 1 N–H and O–H groups in total. The third-order valence-corrected chi connectivity index (χ3v) is 4.63. The summed E-state index contributed by atoms with van der Waals surface area (Å²) in [6.07, 6.45) is 3.22. The van der Waals surface area contributed by atoms with Crippen molar-refractivity contribution in [3.05, 3.63) is 65.5 Å². The number of hydrogen-bond donors (Lipinski definition) is 1. The molecule has 0 aliphatic rings. The van der Waals surface area contributed by atoms with Crippen LogP contribution in [-0.4, -0.2) is 29.4 Å². The summed E-state index contributed by atoms with van der Waals surface area (Å²) >= 11 is 0. The Kier molecular flexibility index (Phi) is 3.91. The number of aryl methyl sites for hydroxylation is 3. The Labute approximate surface area is 151 Å². The summed E-state index contributed by atoms with van der Waals surface area (Å²) in [5, 5.41) is 12.3. The van der Waals surface area contributed by atoms with Crippen molar-refractivity contribution in [2.75, 3.05) is 5.32 Å². The maximum Gasteiger partial charge on any atom is 0.160 e. The van der Waals surface area contributed by atoms with Gasteiger partial charge < -0.3 is 5.32 Å². The quantitative estimate of drug-likeness (QED) is 0.612. The topological polar surface area (TPSA) is 72.9 Å². The van der Waals surface area contributed by atoms with Crippen LogP contribution in [0.5, 0.6) is 0 Å². The first-order valence-corrected chi connectivity index (χ1v) is 8.58. The predicted octanol–water partition coefficient (Wildman–Crippen LogP) is 3.41. The van der Waals surface area contributed by atoms with Gasteiger partial charge in [0.05, 0.1) is 11.4 Å². The van der Waals surface area contributed by atoms with Gasteiger partial charge in [0.25, 0.3) is 0 Å². The van der Waals surface area contributed by atoms with Crippen molar-refractivity contribution >= 4 is 11.5 Å². The van der Waals surface area contributed by atoms with Gasteiger partial charge in [-0.15, -0.1) is 0 Å². The van der Waals surface area contributed by atoms with Crippen LogP contribution in [0.3, 0.4) is 0 Å². The standard InChI is InChI=1S/C19H21N7/c1-12-9-18(26-19(22-12)13(2)14(3)24-26)23-15(4)16-5-7-17(8-6-16)25-11-20-10-21-25/h5-11,15,23H,1-4H3/t15-/m1/s1. The zero-order valence-corrected chi connectivity index (χ0v) is 15.3. The van der Waals surface area contributed by atoms with E-state index in [1.165, 1.54) is 11.9 Å². The Hall–Kier alpha value is -3.22. The maximum absolute atomic E-state index is 4.62. The van der Waals surface area contributed by atoms with Crippen molar-refractivity contribution in [2.24, 2.45) is 0 Å². The Bertz CT molecular complexity index is 1050. The van der Waals surface area contributed by atoms with Crippen LogP contribution in [0.25, 0.3) is 11.3 Å². The Morgan fingerprint density at radius 3 is 2.54 bits per heavy atom. The van der Waals surface area contributed by atoms with Crippen molar-refractivity contribution in [1.29, 1.82) is 0 Å². The minimum absolute atomic E-state index is 0.120. The number of benzene rings is 1. The van der Waals surface area contributed by atoms with E-state index in [9.17, 15) is 0 Å². The first-order valence-electron chi connectivity index (χ1n) is 8.58. The van der Waals surface area contributed by atoms with Gasteiger partial charge in [0.1, 0.15) is 18.5 Å². The highest BCUT2D eigenvalue weighted by atomic mass is 15.3. The molecule has 4 aromatic rings. The lowest BCUT2D eigenvalue weighted by atomic mass is 10.1. The molecule has 0 unspecified atom stereocenters.